The molecule has 0 saturated carbocycles. The molecule has 1 amide bonds. The number of hydrogen-bond donors (Lipinski definition) is 0. The molecule has 0 N–H and O–H groups in total. The molecule has 4 heterocycles. The quantitative estimate of drug-likeness (QED) is 0.720. The third-order valence-corrected chi connectivity index (χ3v) is 4.30. The Labute approximate surface area is 138 Å². The summed E-state index contributed by atoms with van der Waals surface area (Å²) in [5, 5.41) is 12.6. The number of aromatic nitrogens is 4. The average molecular weight is 326 g/mol. The Bertz CT molecular complexity index is 849. The molecular formula is C16H18N6O2. The minimum absolute atomic E-state index is 0.0590. The van der Waals surface area contributed by atoms with E-state index in [0.29, 0.717) is 18.8 Å². The Morgan fingerprint density at radius 2 is 2.12 bits per heavy atom. The van der Waals surface area contributed by atoms with Gasteiger partial charge in [0.15, 0.2) is 5.76 Å². The molecule has 1 aliphatic rings. The van der Waals surface area contributed by atoms with Crippen LogP contribution in [0.3, 0.4) is 0 Å². The molecule has 0 radical (unpaired) electrons. The average Bonchev–Trinajstić information content (AvgIpc) is 3.31. The van der Waals surface area contributed by atoms with Gasteiger partial charge >= 0.3 is 0 Å². The highest BCUT2D eigenvalue weighted by atomic mass is 16.3. The zero-order chi connectivity index (χ0) is 16.5. The Hall–Kier alpha value is -2.90. The molecule has 0 aromatic carbocycles. The second-order valence-corrected chi connectivity index (χ2v) is 5.73. The van der Waals surface area contributed by atoms with Crippen molar-refractivity contribution in [3.05, 3.63) is 42.2 Å². The summed E-state index contributed by atoms with van der Waals surface area (Å²) in [6.07, 6.45) is 3.99. The van der Waals surface area contributed by atoms with Crippen molar-refractivity contribution in [3.63, 3.8) is 0 Å². The largest absolute Gasteiger partial charge is 0.459 e. The van der Waals surface area contributed by atoms with Gasteiger partial charge in [-0.3, -0.25) is 4.79 Å². The van der Waals surface area contributed by atoms with Crippen LogP contribution >= 0.6 is 0 Å². The first-order valence-corrected chi connectivity index (χ1v) is 8.04. The molecule has 0 spiro atoms. The molecule has 124 valence electrons. The number of hydrogen-bond acceptors (Lipinski definition) is 6. The van der Waals surface area contributed by atoms with E-state index in [4.69, 9.17) is 4.42 Å². The predicted octanol–water partition coefficient (Wildman–Crippen LogP) is 1.24. The fraction of sp³-hybridized carbons (Fsp3) is 0.375. The number of anilines is 1. The third-order valence-electron chi connectivity index (χ3n) is 4.30. The SMILES string of the molecule is CCc1cc(N2CCN(C(=O)c3ccco3)CC2)c2nncn2n1. The molecule has 24 heavy (non-hydrogen) atoms. The zero-order valence-corrected chi connectivity index (χ0v) is 13.4. The summed E-state index contributed by atoms with van der Waals surface area (Å²) in [5.74, 6) is 0.330. The monoisotopic (exact) mass is 326 g/mol. The van der Waals surface area contributed by atoms with E-state index in [2.05, 4.69) is 33.2 Å². The highest BCUT2D eigenvalue weighted by molar-refractivity contribution is 5.91. The predicted molar refractivity (Wildman–Crippen MR) is 87.0 cm³/mol. The summed E-state index contributed by atoms with van der Waals surface area (Å²) in [5.41, 5.74) is 2.76. The summed E-state index contributed by atoms with van der Waals surface area (Å²) >= 11 is 0. The Morgan fingerprint density at radius 3 is 2.83 bits per heavy atom. The van der Waals surface area contributed by atoms with Crippen molar-refractivity contribution in [2.24, 2.45) is 0 Å². The van der Waals surface area contributed by atoms with Gasteiger partial charge in [0.1, 0.15) is 6.33 Å². The number of fused-ring (bicyclic) bond motifs is 1. The topological polar surface area (TPSA) is 79.8 Å². The van der Waals surface area contributed by atoms with Gasteiger partial charge in [-0.15, -0.1) is 10.2 Å². The molecule has 3 aromatic rings. The van der Waals surface area contributed by atoms with Crippen LogP contribution in [0.1, 0.15) is 23.2 Å². The van der Waals surface area contributed by atoms with E-state index in [-0.39, 0.29) is 5.91 Å². The maximum Gasteiger partial charge on any atom is 0.289 e. The zero-order valence-electron chi connectivity index (χ0n) is 13.4. The smallest absolute Gasteiger partial charge is 0.289 e. The maximum absolute atomic E-state index is 12.4. The number of carbonyl (C=O) groups excluding carboxylic acids is 1. The van der Waals surface area contributed by atoms with Crippen molar-refractivity contribution in [2.75, 3.05) is 31.1 Å². The lowest BCUT2D eigenvalue weighted by atomic mass is 10.2. The van der Waals surface area contributed by atoms with E-state index in [0.717, 1.165) is 36.5 Å². The first-order valence-electron chi connectivity index (χ1n) is 8.04. The van der Waals surface area contributed by atoms with Crippen LogP contribution in [0.4, 0.5) is 5.69 Å². The summed E-state index contributed by atoms with van der Waals surface area (Å²) in [6, 6.07) is 5.49. The van der Waals surface area contributed by atoms with Crippen LogP contribution in [0.15, 0.2) is 35.2 Å². The van der Waals surface area contributed by atoms with Gasteiger partial charge in [0.2, 0.25) is 5.65 Å². The maximum atomic E-state index is 12.4. The number of amides is 1. The second-order valence-electron chi connectivity index (χ2n) is 5.73. The van der Waals surface area contributed by atoms with Crippen LogP contribution in [-0.4, -0.2) is 56.8 Å². The third kappa shape index (κ3) is 2.49. The molecular weight excluding hydrogens is 308 g/mol. The number of carbonyl (C=O) groups is 1. The van der Waals surface area contributed by atoms with Crippen molar-refractivity contribution < 1.29 is 9.21 Å². The molecule has 8 nitrogen and oxygen atoms in total. The second kappa shape index (κ2) is 5.95. The fourth-order valence-corrected chi connectivity index (χ4v) is 2.97. The van der Waals surface area contributed by atoms with Gasteiger partial charge in [-0.05, 0) is 24.6 Å². The summed E-state index contributed by atoms with van der Waals surface area (Å²) in [7, 11) is 0. The van der Waals surface area contributed by atoms with Crippen LogP contribution < -0.4 is 4.90 Å². The van der Waals surface area contributed by atoms with E-state index in [1.54, 1.807) is 23.0 Å². The van der Waals surface area contributed by atoms with Gasteiger partial charge in [0.05, 0.1) is 17.6 Å². The molecule has 8 heteroatoms. The van der Waals surface area contributed by atoms with Crippen LogP contribution in [0.5, 0.6) is 0 Å². The van der Waals surface area contributed by atoms with Gasteiger partial charge in [0, 0.05) is 26.2 Å². The van der Waals surface area contributed by atoms with Gasteiger partial charge in [-0.2, -0.15) is 9.61 Å². The van der Waals surface area contributed by atoms with Crippen molar-refractivity contribution >= 4 is 17.2 Å². The standard InChI is InChI=1S/C16H18N6O2/c1-2-12-10-13(15-18-17-11-22(15)19-12)20-5-7-21(8-6-20)16(23)14-4-3-9-24-14/h3-4,9-11H,2,5-8H2,1H3. The van der Waals surface area contributed by atoms with Crippen molar-refractivity contribution in [3.8, 4) is 0 Å². The number of piperazine rings is 1. The van der Waals surface area contributed by atoms with Crippen LogP contribution in [0.2, 0.25) is 0 Å². The number of nitrogens with zero attached hydrogens (tertiary/aromatic N) is 6. The lowest BCUT2D eigenvalue weighted by molar-refractivity contribution is 0.0715. The Morgan fingerprint density at radius 1 is 1.29 bits per heavy atom. The van der Waals surface area contributed by atoms with Crippen molar-refractivity contribution in [2.45, 2.75) is 13.3 Å². The van der Waals surface area contributed by atoms with Crippen molar-refractivity contribution in [1.29, 1.82) is 0 Å². The van der Waals surface area contributed by atoms with Crippen molar-refractivity contribution in [1.82, 2.24) is 24.7 Å². The molecule has 1 aliphatic heterocycles. The van der Waals surface area contributed by atoms with Gasteiger partial charge in [0.25, 0.3) is 5.91 Å². The molecule has 3 aromatic heterocycles. The van der Waals surface area contributed by atoms with Crippen LogP contribution in [0.25, 0.3) is 5.65 Å². The summed E-state index contributed by atoms with van der Waals surface area (Å²) in [4.78, 5) is 16.4. The highest BCUT2D eigenvalue weighted by Gasteiger charge is 2.25. The molecule has 0 bridgehead atoms. The molecule has 0 aliphatic carbocycles. The van der Waals surface area contributed by atoms with E-state index in [1.807, 2.05) is 4.90 Å². The molecule has 1 saturated heterocycles. The van der Waals surface area contributed by atoms with E-state index >= 15 is 0 Å². The number of rotatable bonds is 3. The van der Waals surface area contributed by atoms with Gasteiger partial charge < -0.3 is 14.2 Å². The number of furan rings is 1. The Kier molecular flexibility index (Phi) is 3.64. The Balaban J connectivity index is 1.54. The number of aryl methyl sites for hydroxylation is 1. The minimum Gasteiger partial charge on any atom is -0.459 e. The van der Waals surface area contributed by atoms with E-state index in [1.165, 1.54) is 6.26 Å². The minimum atomic E-state index is -0.0590. The summed E-state index contributed by atoms with van der Waals surface area (Å²) in [6.45, 7) is 4.83. The molecule has 1 fully saturated rings. The summed E-state index contributed by atoms with van der Waals surface area (Å²) < 4.78 is 6.92. The lowest BCUT2D eigenvalue weighted by Crippen LogP contribution is -2.49. The first kappa shape index (κ1) is 14.7. The molecule has 0 unspecified atom stereocenters. The fourth-order valence-electron chi connectivity index (χ4n) is 2.97. The van der Waals surface area contributed by atoms with E-state index in [9.17, 15) is 4.79 Å². The van der Waals surface area contributed by atoms with Crippen LogP contribution in [-0.2, 0) is 6.42 Å². The van der Waals surface area contributed by atoms with Gasteiger partial charge in [-0.1, -0.05) is 6.92 Å². The lowest BCUT2D eigenvalue weighted by Gasteiger charge is -2.35. The highest BCUT2D eigenvalue weighted by Crippen LogP contribution is 2.22. The normalized spacial score (nSPS) is 15.2. The van der Waals surface area contributed by atoms with E-state index < -0.39 is 0 Å². The molecule has 4 rings (SSSR count). The van der Waals surface area contributed by atoms with Gasteiger partial charge in [-0.25, -0.2) is 0 Å². The molecule has 0 atom stereocenters. The van der Waals surface area contributed by atoms with Crippen LogP contribution in [0, 0.1) is 0 Å². The first-order chi connectivity index (χ1) is 11.8.